The van der Waals surface area contributed by atoms with E-state index in [1.54, 1.807) is 6.07 Å². The number of thiol groups is 1. The molecule has 1 aromatic carbocycles. The van der Waals surface area contributed by atoms with Gasteiger partial charge in [-0.2, -0.15) is 0 Å². The minimum atomic E-state index is 0.332. The van der Waals surface area contributed by atoms with Crippen LogP contribution in [0.25, 0.3) is 10.1 Å². The van der Waals surface area contributed by atoms with Crippen LogP contribution in [0.1, 0.15) is 0 Å². The molecule has 12 heavy (non-hydrogen) atoms. The summed E-state index contributed by atoms with van der Waals surface area (Å²) >= 11 is 9.05. The first-order valence-corrected chi connectivity index (χ1v) is 5.34. The number of hydrogen-bond acceptors (Lipinski definition) is 3. The molecule has 0 unspecified atom stereocenters. The lowest BCUT2D eigenvalue weighted by molar-refractivity contribution is 0.491. The number of fused-ring (bicyclic) bond motifs is 1. The highest BCUT2D eigenvalue weighted by molar-refractivity contribution is 9.10. The normalized spacial score (nSPS) is 10.8. The molecular formula is C8H5BrOS2. The molecule has 1 nitrogen and oxygen atoms in total. The van der Waals surface area contributed by atoms with Crippen molar-refractivity contribution >= 4 is 50.0 Å². The van der Waals surface area contributed by atoms with Crippen LogP contribution in [0.3, 0.4) is 0 Å². The van der Waals surface area contributed by atoms with Gasteiger partial charge in [-0.15, -0.1) is 12.6 Å². The fraction of sp³-hybridized carbons (Fsp3) is 0. The van der Waals surface area contributed by atoms with Crippen molar-refractivity contribution in [1.82, 2.24) is 0 Å². The van der Waals surface area contributed by atoms with Crippen molar-refractivity contribution in [1.29, 1.82) is 0 Å². The predicted octanol–water partition coefficient (Wildman–Crippen LogP) is 3.66. The number of halogens is 1. The van der Waals surface area contributed by atoms with Crippen LogP contribution in [0.5, 0.6) is 5.06 Å². The Kier molecular flexibility index (Phi) is 2.06. The van der Waals surface area contributed by atoms with Gasteiger partial charge in [0.25, 0.3) is 0 Å². The minimum Gasteiger partial charge on any atom is -0.499 e. The van der Waals surface area contributed by atoms with Crippen LogP contribution < -0.4 is 0 Å². The maximum Gasteiger partial charge on any atom is 0.172 e. The Bertz CT molecular complexity index is 436. The maximum absolute atomic E-state index is 9.24. The fourth-order valence-corrected chi connectivity index (χ4v) is 2.70. The molecule has 0 saturated carbocycles. The molecule has 0 aliphatic heterocycles. The fourth-order valence-electron chi connectivity index (χ4n) is 1.05. The summed E-state index contributed by atoms with van der Waals surface area (Å²) in [7, 11) is 0. The molecule has 0 saturated heterocycles. The van der Waals surface area contributed by atoms with Gasteiger partial charge in [-0.3, -0.25) is 0 Å². The monoisotopic (exact) mass is 260 g/mol. The Morgan fingerprint density at radius 3 is 2.92 bits per heavy atom. The third-order valence-electron chi connectivity index (χ3n) is 1.60. The Balaban J connectivity index is 2.89. The summed E-state index contributed by atoms with van der Waals surface area (Å²) in [5, 5.41) is 10.6. The minimum absolute atomic E-state index is 0.332. The Hall–Kier alpha value is -0.190. The van der Waals surface area contributed by atoms with Gasteiger partial charge in [0.1, 0.15) is 0 Å². The van der Waals surface area contributed by atoms with Gasteiger partial charge in [0, 0.05) is 9.37 Å². The van der Waals surface area contributed by atoms with Crippen LogP contribution in [0.2, 0.25) is 0 Å². The molecule has 1 heterocycles. The lowest BCUT2D eigenvalue weighted by Crippen LogP contribution is -1.68. The number of aromatic hydroxyl groups is 1. The van der Waals surface area contributed by atoms with Crippen molar-refractivity contribution in [2.75, 3.05) is 0 Å². The van der Waals surface area contributed by atoms with Crippen LogP contribution in [0, 0.1) is 0 Å². The van der Waals surface area contributed by atoms with E-state index in [1.807, 2.05) is 12.1 Å². The Morgan fingerprint density at radius 2 is 2.17 bits per heavy atom. The van der Waals surface area contributed by atoms with Crippen LogP contribution in [-0.4, -0.2) is 5.11 Å². The molecule has 0 amide bonds. The van der Waals surface area contributed by atoms with Crippen molar-refractivity contribution in [3.8, 4) is 5.06 Å². The SMILES string of the molecule is Oc1cc2ccc(Br)c(S)c2s1. The van der Waals surface area contributed by atoms with Crippen molar-refractivity contribution in [2.24, 2.45) is 0 Å². The average molecular weight is 261 g/mol. The summed E-state index contributed by atoms with van der Waals surface area (Å²) in [6, 6.07) is 5.62. The summed E-state index contributed by atoms with van der Waals surface area (Å²) in [6.45, 7) is 0. The van der Waals surface area contributed by atoms with E-state index >= 15 is 0 Å². The van der Waals surface area contributed by atoms with Gasteiger partial charge in [-0.1, -0.05) is 17.4 Å². The van der Waals surface area contributed by atoms with E-state index in [-0.39, 0.29) is 0 Å². The molecular weight excluding hydrogens is 256 g/mol. The zero-order valence-electron chi connectivity index (χ0n) is 5.91. The second kappa shape index (κ2) is 2.94. The second-order valence-corrected chi connectivity index (χ2v) is 4.73. The molecule has 4 heteroatoms. The summed E-state index contributed by atoms with van der Waals surface area (Å²) < 4.78 is 1.98. The van der Waals surface area contributed by atoms with Gasteiger partial charge in [0.2, 0.25) is 0 Å². The molecule has 0 bridgehead atoms. The summed E-state index contributed by atoms with van der Waals surface area (Å²) in [4.78, 5) is 0.887. The third-order valence-corrected chi connectivity index (χ3v) is 4.15. The highest BCUT2D eigenvalue weighted by Crippen LogP contribution is 2.37. The van der Waals surface area contributed by atoms with E-state index in [4.69, 9.17) is 0 Å². The molecule has 0 aliphatic rings. The van der Waals surface area contributed by atoms with E-state index in [1.165, 1.54) is 11.3 Å². The van der Waals surface area contributed by atoms with E-state index < -0.39 is 0 Å². The first-order chi connectivity index (χ1) is 5.68. The molecule has 1 N–H and O–H groups in total. The van der Waals surface area contributed by atoms with E-state index in [0.717, 1.165) is 19.5 Å². The first-order valence-electron chi connectivity index (χ1n) is 3.28. The zero-order chi connectivity index (χ0) is 8.72. The van der Waals surface area contributed by atoms with Crippen molar-refractivity contribution in [3.05, 3.63) is 22.7 Å². The lowest BCUT2D eigenvalue weighted by atomic mass is 10.3. The highest BCUT2D eigenvalue weighted by atomic mass is 79.9. The summed E-state index contributed by atoms with van der Waals surface area (Å²) in [5.74, 6) is 0. The lowest BCUT2D eigenvalue weighted by Gasteiger charge is -1.96. The number of hydrogen-bond donors (Lipinski definition) is 2. The Morgan fingerprint density at radius 1 is 1.42 bits per heavy atom. The van der Waals surface area contributed by atoms with Gasteiger partial charge < -0.3 is 5.11 Å². The van der Waals surface area contributed by atoms with Crippen LogP contribution in [-0.2, 0) is 0 Å². The average Bonchev–Trinajstić information content (AvgIpc) is 2.39. The molecule has 0 radical (unpaired) electrons. The van der Waals surface area contributed by atoms with Gasteiger partial charge >= 0.3 is 0 Å². The summed E-state index contributed by atoms with van der Waals surface area (Å²) in [6.07, 6.45) is 0. The number of benzene rings is 1. The first kappa shape index (κ1) is 8.41. The number of rotatable bonds is 0. The molecule has 0 atom stereocenters. The Labute approximate surface area is 87.6 Å². The molecule has 2 rings (SSSR count). The predicted molar refractivity (Wildman–Crippen MR) is 58.4 cm³/mol. The van der Waals surface area contributed by atoms with Gasteiger partial charge in [0.05, 0.1) is 4.70 Å². The highest BCUT2D eigenvalue weighted by Gasteiger charge is 2.05. The van der Waals surface area contributed by atoms with Crippen LogP contribution >= 0.6 is 39.9 Å². The van der Waals surface area contributed by atoms with Crippen molar-refractivity contribution < 1.29 is 5.11 Å². The summed E-state index contributed by atoms with van der Waals surface area (Å²) in [5.41, 5.74) is 0. The zero-order valence-corrected chi connectivity index (χ0v) is 9.21. The molecule has 2 aromatic rings. The van der Waals surface area contributed by atoms with Gasteiger partial charge in [0.15, 0.2) is 5.06 Å². The molecule has 0 fully saturated rings. The van der Waals surface area contributed by atoms with Crippen molar-refractivity contribution in [2.45, 2.75) is 4.90 Å². The standard InChI is InChI=1S/C8H5BrOS2/c9-5-2-1-4-3-6(10)12-8(4)7(5)11/h1-3,10-11H. The van der Waals surface area contributed by atoms with E-state index in [0.29, 0.717) is 5.06 Å². The molecule has 62 valence electrons. The second-order valence-electron chi connectivity index (χ2n) is 2.40. The van der Waals surface area contributed by atoms with Crippen LogP contribution in [0.15, 0.2) is 27.6 Å². The molecule has 1 aromatic heterocycles. The molecule has 0 spiro atoms. The van der Waals surface area contributed by atoms with Gasteiger partial charge in [-0.05, 0) is 33.4 Å². The maximum atomic E-state index is 9.24. The van der Waals surface area contributed by atoms with Gasteiger partial charge in [-0.25, -0.2) is 0 Å². The third kappa shape index (κ3) is 1.24. The quantitative estimate of drug-likeness (QED) is 0.693. The topological polar surface area (TPSA) is 20.2 Å². The number of thiophene rings is 1. The smallest absolute Gasteiger partial charge is 0.172 e. The van der Waals surface area contributed by atoms with E-state index in [2.05, 4.69) is 28.6 Å². The van der Waals surface area contributed by atoms with Crippen LogP contribution in [0.4, 0.5) is 0 Å². The molecule has 0 aliphatic carbocycles. The van der Waals surface area contributed by atoms with Crippen molar-refractivity contribution in [3.63, 3.8) is 0 Å². The largest absolute Gasteiger partial charge is 0.499 e. The van der Waals surface area contributed by atoms with E-state index in [9.17, 15) is 5.11 Å².